The lowest BCUT2D eigenvalue weighted by Gasteiger charge is -2.46. The lowest BCUT2D eigenvalue weighted by Crippen LogP contribution is -2.48. The van der Waals surface area contributed by atoms with Gasteiger partial charge < -0.3 is 19.5 Å². The van der Waals surface area contributed by atoms with Gasteiger partial charge in [-0.2, -0.15) is 13.2 Å². The number of nitrogens with one attached hydrogen (secondary N) is 1. The summed E-state index contributed by atoms with van der Waals surface area (Å²) in [4.78, 5) is 15.1. The number of halogens is 3. The van der Waals surface area contributed by atoms with Gasteiger partial charge in [0.15, 0.2) is 0 Å². The highest BCUT2D eigenvalue weighted by Gasteiger charge is 2.50. The van der Waals surface area contributed by atoms with Gasteiger partial charge >= 0.3 is 6.18 Å². The number of aryl methyl sites for hydroxylation is 1. The maximum Gasteiger partial charge on any atom is 0.416 e. The molecule has 0 spiro atoms. The number of rotatable bonds is 7. The van der Waals surface area contributed by atoms with Crippen molar-refractivity contribution in [2.45, 2.75) is 75.4 Å². The average molecular weight is 540 g/mol. The van der Waals surface area contributed by atoms with Crippen LogP contribution in [0.15, 0.2) is 42.7 Å². The Morgan fingerprint density at radius 3 is 2.56 bits per heavy atom. The number of ether oxygens (including phenoxy) is 1. The van der Waals surface area contributed by atoms with Crippen molar-refractivity contribution in [2.24, 2.45) is 7.05 Å². The van der Waals surface area contributed by atoms with Crippen molar-refractivity contribution in [3.63, 3.8) is 0 Å². The predicted molar refractivity (Wildman–Crippen MR) is 139 cm³/mol. The van der Waals surface area contributed by atoms with E-state index in [9.17, 15) is 18.0 Å². The van der Waals surface area contributed by atoms with Crippen molar-refractivity contribution in [1.82, 2.24) is 20.1 Å². The van der Waals surface area contributed by atoms with Crippen molar-refractivity contribution in [2.75, 3.05) is 12.0 Å². The number of alkyl halides is 3. The van der Waals surface area contributed by atoms with Crippen molar-refractivity contribution >= 4 is 11.6 Å². The molecule has 0 unspecified atom stereocenters. The fourth-order valence-corrected chi connectivity index (χ4v) is 6.35. The Bertz CT molecular complexity index is 1420. The number of amides is 1. The van der Waals surface area contributed by atoms with Crippen LogP contribution in [0.2, 0.25) is 0 Å². The van der Waals surface area contributed by atoms with E-state index in [1.165, 1.54) is 11.0 Å². The first-order chi connectivity index (χ1) is 18.5. The second-order valence-corrected chi connectivity index (χ2v) is 11.5. The fraction of sp³-hybridized carbons (Fsp3) is 0.483. The van der Waals surface area contributed by atoms with Crippen LogP contribution in [0.4, 0.5) is 18.9 Å². The topological polar surface area (TPSA) is 72.3 Å². The van der Waals surface area contributed by atoms with Crippen LogP contribution in [0.25, 0.3) is 0 Å². The van der Waals surface area contributed by atoms with Crippen molar-refractivity contribution in [3.8, 4) is 0 Å². The number of anilines is 1. The summed E-state index contributed by atoms with van der Waals surface area (Å²) in [5, 5.41) is 11.8. The van der Waals surface area contributed by atoms with Crippen LogP contribution < -0.4 is 10.2 Å². The average Bonchev–Trinajstić information content (AvgIpc) is 3.44. The molecule has 6 rings (SSSR count). The first-order valence-corrected chi connectivity index (χ1v) is 13.3. The molecule has 0 atom stereocenters. The molecule has 0 radical (unpaired) electrons. The van der Waals surface area contributed by atoms with E-state index in [0.29, 0.717) is 24.1 Å². The van der Waals surface area contributed by atoms with E-state index in [0.717, 1.165) is 30.7 Å². The van der Waals surface area contributed by atoms with Crippen LogP contribution in [0.3, 0.4) is 0 Å². The smallest absolute Gasteiger partial charge is 0.381 e. The van der Waals surface area contributed by atoms with E-state index in [-0.39, 0.29) is 35.9 Å². The predicted octanol–water partition coefficient (Wildman–Crippen LogP) is 5.12. The maximum absolute atomic E-state index is 14.2. The SMILES string of the molecule is CO[C@H]1C[C@](c2cccc(N3Cc4c(cc(CNC5(C)CCC5)cc4C(F)(F)F)C3=O)c2)(c2nncn2C)C1. The molecule has 2 heterocycles. The number of carbonyl (C=O) groups excluding carboxylic acids is 1. The standard InChI is InChI=1S/C29H32F3N5O2/c1-27(8-5-9-27)33-15-18-10-22-23(24(11-18)29(30,31)32)16-37(25(22)38)20-7-4-6-19(12-20)28(13-21(14-28)39-3)26-35-34-17-36(26)2/h4,6-7,10-12,17,21,33H,5,8-9,13-16H2,1-3H3/t21-,28-. The molecule has 39 heavy (non-hydrogen) atoms. The molecular formula is C29H32F3N5O2. The molecule has 7 nitrogen and oxygen atoms in total. The minimum absolute atomic E-state index is 0.0302. The van der Waals surface area contributed by atoms with E-state index >= 15 is 0 Å². The highest BCUT2D eigenvalue weighted by atomic mass is 19.4. The van der Waals surface area contributed by atoms with Gasteiger partial charge in [-0.1, -0.05) is 12.1 Å². The van der Waals surface area contributed by atoms with Gasteiger partial charge in [-0.15, -0.1) is 10.2 Å². The third-order valence-electron chi connectivity index (χ3n) is 8.92. The zero-order valence-corrected chi connectivity index (χ0v) is 22.3. The van der Waals surface area contributed by atoms with E-state index < -0.39 is 23.1 Å². The number of aromatic nitrogens is 3. The second-order valence-electron chi connectivity index (χ2n) is 11.5. The molecule has 3 aliphatic rings. The van der Waals surface area contributed by atoms with Gasteiger partial charge in [0.05, 0.1) is 23.6 Å². The van der Waals surface area contributed by atoms with Crippen molar-refractivity contribution in [3.05, 3.63) is 76.4 Å². The second kappa shape index (κ2) is 9.16. The molecule has 1 aromatic heterocycles. The van der Waals surface area contributed by atoms with Gasteiger partial charge in [-0.25, -0.2) is 0 Å². The first kappa shape index (κ1) is 26.0. The molecule has 2 aromatic carbocycles. The van der Waals surface area contributed by atoms with E-state index in [2.05, 4.69) is 22.4 Å². The summed E-state index contributed by atoms with van der Waals surface area (Å²) < 4.78 is 50.0. The molecule has 1 aliphatic heterocycles. The molecule has 0 bridgehead atoms. The van der Waals surface area contributed by atoms with Gasteiger partial charge in [0.2, 0.25) is 0 Å². The van der Waals surface area contributed by atoms with Crippen LogP contribution in [0.5, 0.6) is 0 Å². The summed E-state index contributed by atoms with van der Waals surface area (Å²) in [6.45, 7) is 2.24. The lowest BCUT2D eigenvalue weighted by molar-refractivity contribution is -0.138. The molecule has 1 N–H and O–H groups in total. The number of carbonyl (C=O) groups is 1. The monoisotopic (exact) mass is 539 g/mol. The van der Waals surface area contributed by atoms with Gasteiger partial charge in [0, 0.05) is 37.5 Å². The number of hydrogen-bond acceptors (Lipinski definition) is 5. The summed E-state index contributed by atoms with van der Waals surface area (Å²) in [7, 11) is 3.56. The van der Waals surface area contributed by atoms with E-state index in [4.69, 9.17) is 4.74 Å². The molecule has 3 aromatic rings. The zero-order valence-electron chi connectivity index (χ0n) is 22.3. The molecule has 206 valence electrons. The third-order valence-corrected chi connectivity index (χ3v) is 8.92. The number of fused-ring (bicyclic) bond motifs is 1. The Labute approximate surface area is 225 Å². The van der Waals surface area contributed by atoms with Gasteiger partial charge in [0.25, 0.3) is 5.91 Å². The van der Waals surface area contributed by atoms with Crippen LogP contribution in [0.1, 0.15) is 77.5 Å². The molecule has 0 saturated heterocycles. The minimum atomic E-state index is -4.56. The molecule has 1 amide bonds. The zero-order chi connectivity index (χ0) is 27.6. The van der Waals surface area contributed by atoms with Crippen LogP contribution >= 0.6 is 0 Å². The summed E-state index contributed by atoms with van der Waals surface area (Å²) in [6, 6.07) is 10.3. The Morgan fingerprint density at radius 2 is 1.95 bits per heavy atom. The molecule has 10 heteroatoms. The normalized spacial score (nSPS) is 23.9. The lowest BCUT2D eigenvalue weighted by atomic mass is 9.62. The Morgan fingerprint density at radius 1 is 1.18 bits per heavy atom. The summed E-state index contributed by atoms with van der Waals surface area (Å²) in [5.41, 5.74) is 0.869. The first-order valence-electron chi connectivity index (χ1n) is 13.3. The largest absolute Gasteiger partial charge is 0.416 e. The third kappa shape index (κ3) is 4.34. The number of methoxy groups -OCH3 is 1. The van der Waals surface area contributed by atoms with Gasteiger partial charge in [0.1, 0.15) is 12.2 Å². The molecule has 2 fully saturated rings. The van der Waals surface area contributed by atoms with Gasteiger partial charge in [-0.3, -0.25) is 4.79 Å². The number of nitrogens with zero attached hydrogens (tertiary/aromatic N) is 4. The van der Waals surface area contributed by atoms with E-state index in [1.807, 2.05) is 29.8 Å². The molecular weight excluding hydrogens is 507 g/mol. The summed E-state index contributed by atoms with van der Waals surface area (Å²) in [6.07, 6.45) is 1.64. The van der Waals surface area contributed by atoms with Crippen LogP contribution in [-0.4, -0.2) is 39.4 Å². The van der Waals surface area contributed by atoms with Crippen LogP contribution in [-0.2, 0) is 36.5 Å². The Balaban J connectivity index is 1.34. The van der Waals surface area contributed by atoms with Crippen molar-refractivity contribution < 1.29 is 22.7 Å². The van der Waals surface area contributed by atoms with Gasteiger partial charge in [-0.05, 0) is 80.0 Å². The molecule has 2 saturated carbocycles. The van der Waals surface area contributed by atoms with Crippen molar-refractivity contribution in [1.29, 1.82) is 0 Å². The fourth-order valence-electron chi connectivity index (χ4n) is 6.35. The quantitative estimate of drug-likeness (QED) is 0.451. The highest BCUT2D eigenvalue weighted by molar-refractivity contribution is 6.10. The number of hydrogen-bond donors (Lipinski definition) is 1. The Kier molecular flexibility index (Phi) is 6.11. The Hall–Kier alpha value is -3.24. The molecule has 2 aliphatic carbocycles. The minimum Gasteiger partial charge on any atom is -0.381 e. The van der Waals surface area contributed by atoms with Crippen LogP contribution in [0, 0.1) is 0 Å². The number of benzene rings is 2. The summed E-state index contributed by atoms with van der Waals surface area (Å²) >= 11 is 0. The van der Waals surface area contributed by atoms with E-state index in [1.54, 1.807) is 25.6 Å². The summed E-state index contributed by atoms with van der Waals surface area (Å²) in [5.74, 6) is 0.376. The highest BCUT2D eigenvalue weighted by Crippen LogP contribution is 2.50. The maximum atomic E-state index is 14.2.